The Morgan fingerprint density at radius 2 is 2.12 bits per heavy atom. The smallest absolute Gasteiger partial charge is 0.243 e. The zero-order valence-corrected chi connectivity index (χ0v) is 5.20. The van der Waals surface area contributed by atoms with Crippen molar-refractivity contribution in [3.8, 4) is 0 Å². The van der Waals surface area contributed by atoms with Crippen LogP contribution in [0.15, 0.2) is 18.7 Å². The lowest BCUT2D eigenvalue weighted by molar-refractivity contribution is -0.670. The predicted molar refractivity (Wildman–Crippen MR) is 32.3 cm³/mol. The molecule has 0 saturated carbocycles. The van der Waals surface area contributed by atoms with Crippen molar-refractivity contribution in [2.45, 2.75) is 0 Å². The lowest BCUT2D eigenvalue weighted by atomic mass is 10.8. The number of rotatable bonds is 0. The molecule has 0 saturated heterocycles. The highest BCUT2D eigenvalue weighted by molar-refractivity contribution is 5.75. The zero-order chi connectivity index (χ0) is 5.28. The van der Waals surface area contributed by atoms with E-state index in [-0.39, 0.29) is 8.41 Å². The third-order valence-electron chi connectivity index (χ3n) is 0.901. The van der Waals surface area contributed by atoms with Gasteiger partial charge >= 0.3 is 0 Å². The third-order valence-corrected chi connectivity index (χ3v) is 0.901. The number of hydrogen-bond acceptors (Lipinski definition) is 0. The number of hydrogen-bond donors (Lipinski definition) is 0. The molecule has 0 N–H and O–H groups in total. The minimum absolute atomic E-state index is 0. The van der Waals surface area contributed by atoms with Gasteiger partial charge in [0.15, 0.2) is 0 Å². The molecule has 8 heavy (non-hydrogen) atoms. The maximum atomic E-state index is 2.00. The Kier molecular flexibility index (Phi) is 2.32. The fourth-order valence-electron chi connectivity index (χ4n) is 0.575. The molecular formula is C5H9BN2. The summed E-state index contributed by atoms with van der Waals surface area (Å²) in [5.74, 6) is 0. The molecule has 2 nitrogen and oxygen atoms in total. The van der Waals surface area contributed by atoms with Crippen molar-refractivity contribution in [1.29, 1.82) is 0 Å². The molecule has 0 aliphatic rings. The second-order valence-corrected chi connectivity index (χ2v) is 1.74. The van der Waals surface area contributed by atoms with Gasteiger partial charge < -0.3 is 8.41 Å². The van der Waals surface area contributed by atoms with E-state index >= 15 is 0 Å². The van der Waals surface area contributed by atoms with Crippen molar-refractivity contribution in [3.05, 3.63) is 18.7 Å². The van der Waals surface area contributed by atoms with Crippen molar-refractivity contribution >= 4 is 8.41 Å². The lowest BCUT2D eigenvalue weighted by Crippen LogP contribution is -2.23. The van der Waals surface area contributed by atoms with Crippen LogP contribution in [0.25, 0.3) is 0 Å². The van der Waals surface area contributed by atoms with Crippen LogP contribution in [0, 0.1) is 0 Å². The molecule has 0 bridgehead atoms. The first-order chi connectivity index (χ1) is 3.29. The molecule has 1 rings (SSSR count). The van der Waals surface area contributed by atoms with Crippen molar-refractivity contribution in [2.75, 3.05) is 0 Å². The minimum Gasteiger partial charge on any atom is -1.00 e. The maximum Gasteiger partial charge on any atom is 0.243 e. The summed E-state index contributed by atoms with van der Waals surface area (Å²) in [5, 5.41) is 0. The molecule has 0 atom stereocenters. The molecule has 4 radical (unpaired) electrons. The van der Waals surface area contributed by atoms with Crippen LogP contribution in [0.1, 0.15) is 0 Å². The Morgan fingerprint density at radius 3 is 2.25 bits per heavy atom. The van der Waals surface area contributed by atoms with Crippen LogP contribution in [0.2, 0.25) is 0 Å². The van der Waals surface area contributed by atoms with Gasteiger partial charge in [-0.1, -0.05) is 0 Å². The average molecular weight is 108 g/mol. The molecule has 0 aliphatic heterocycles. The Labute approximate surface area is 51.3 Å². The molecule has 0 unspecified atom stereocenters. The molecule has 0 amide bonds. The van der Waals surface area contributed by atoms with Crippen LogP contribution < -0.4 is 4.57 Å². The van der Waals surface area contributed by atoms with E-state index in [0.29, 0.717) is 0 Å². The SMILES string of the molecule is Cn1cc[n+](C)c1.[B-]. The zero-order valence-electron chi connectivity index (χ0n) is 5.20. The molecule has 42 valence electrons. The molecule has 1 aromatic heterocycles. The van der Waals surface area contributed by atoms with Crippen LogP contribution >= 0.6 is 0 Å². The number of aromatic nitrogens is 2. The van der Waals surface area contributed by atoms with E-state index < -0.39 is 0 Å². The Bertz CT molecular complexity index is 143. The van der Waals surface area contributed by atoms with Crippen molar-refractivity contribution in [2.24, 2.45) is 14.1 Å². The standard InChI is InChI=1S/C5H9N2.B/c1-6-3-4-7(2)5-6;/h3-5H,1-2H3;/q+1;-1. The summed E-state index contributed by atoms with van der Waals surface area (Å²) in [6.45, 7) is 0. The molecule has 1 aromatic rings. The van der Waals surface area contributed by atoms with Crippen molar-refractivity contribution in [3.63, 3.8) is 0 Å². The van der Waals surface area contributed by atoms with Gasteiger partial charge in [0, 0.05) is 0 Å². The number of aryl methyl sites for hydroxylation is 2. The summed E-state index contributed by atoms with van der Waals surface area (Å²) in [5.41, 5.74) is 0. The molecule has 3 heteroatoms. The van der Waals surface area contributed by atoms with E-state index in [2.05, 4.69) is 0 Å². The van der Waals surface area contributed by atoms with E-state index in [0.717, 1.165) is 0 Å². The van der Waals surface area contributed by atoms with Gasteiger partial charge in [-0.05, 0) is 0 Å². The molecule has 0 fully saturated rings. The van der Waals surface area contributed by atoms with Crippen LogP contribution in [0.4, 0.5) is 0 Å². The Hall–Kier alpha value is -0.725. The van der Waals surface area contributed by atoms with Gasteiger partial charge in [0.2, 0.25) is 6.33 Å². The number of imidazole rings is 1. The highest BCUT2D eigenvalue weighted by Gasteiger charge is 1.87. The topological polar surface area (TPSA) is 8.81 Å². The molecular weight excluding hydrogens is 98.9 g/mol. The maximum absolute atomic E-state index is 2.00. The minimum atomic E-state index is 0. The van der Waals surface area contributed by atoms with E-state index in [9.17, 15) is 0 Å². The fourth-order valence-corrected chi connectivity index (χ4v) is 0.575. The van der Waals surface area contributed by atoms with Gasteiger partial charge in [0.25, 0.3) is 0 Å². The second-order valence-electron chi connectivity index (χ2n) is 1.74. The first-order valence-electron chi connectivity index (χ1n) is 2.26. The van der Waals surface area contributed by atoms with Gasteiger partial charge in [0.05, 0.1) is 14.1 Å². The molecule has 0 aliphatic carbocycles. The van der Waals surface area contributed by atoms with Gasteiger partial charge in [-0.25, -0.2) is 9.13 Å². The summed E-state index contributed by atoms with van der Waals surface area (Å²) in [4.78, 5) is 0. The summed E-state index contributed by atoms with van der Waals surface area (Å²) in [7, 11) is 4.00. The van der Waals surface area contributed by atoms with Gasteiger partial charge in [0.1, 0.15) is 12.4 Å². The monoisotopic (exact) mass is 108 g/mol. The van der Waals surface area contributed by atoms with E-state index in [1.807, 2.05) is 42.0 Å². The lowest BCUT2D eigenvalue weighted by Gasteiger charge is -1.72. The fraction of sp³-hybridized carbons (Fsp3) is 0.400. The molecule has 1 heterocycles. The van der Waals surface area contributed by atoms with E-state index in [1.54, 1.807) is 0 Å². The first-order valence-corrected chi connectivity index (χ1v) is 2.26. The summed E-state index contributed by atoms with van der Waals surface area (Å²) >= 11 is 0. The normalized spacial score (nSPS) is 8.25. The largest absolute Gasteiger partial charge is 1.00 e. The summed E-state index contributed by atoms with van der Waals surface area (Å²) in [6.07, 6.45) is 6.00. The highest BCUT2D eigenvalue weighted by Crippen LogP contribution is 1.70. The van der Waals surface area contributed by atoms with Crippen molar-refractivity contribution < 1.29 is 4.57 Å². The van der Waals surface area contributed by atoms with Gasteiger partial charge in [-0.3, -0.25) is 0 Å². The van der Waals surface area contributed by atoms with Crippen molar-refractivity contribution in [1.82, 2.24) is 4.57 Å². The van der Waals surface area contributed by atoms with Gasteiger partial charge in [-0.2, -0.15) is 0 Å². The summed E-state index contributed by atoms with van der Waals surface area (Å²) < 4.78 is 4.00. The Balaban J connectivity index is 0.000000490. The van der Waals surface area contributed by atoms with Crippen LogP contribution in [-0.2, 0) is 14.1 Å². The third kappa shape index (κ3) is 1.41. The first kappa shape index (κ1) is 7.27. The van der Waals surface area contributed by atoms with E-state index in [4.69, 9.17) is 0 Å². The van der Waals surface area contributed by atoms with Gasteiger partial charge in [-0.15, -0.1) is 0 Å². The average Bonchev–Trinajstić information content (AvgIpc) is 1.87. The molecule has 0 spiro atoms. The highest BCUT2D eigenvalue weighted by atomic mass is 15.1. The van der Waals surface area contributed by atoms with Crippen LogP contribution in [0.3, 0.4) is 0 Å². The Morgan fingerprint density at radius 1 is 1.50 bits per heavy atom. The van der Waals surface area contributed by atoms with E-state index in [1.165, 1.54) is 0 Å². The van der Waals surface area contributed by atoms with Crippen LogP contribution in [0.5, 0.6) is 0 Å². The second kappa shape index (κ2) is 2.55. The summed E-state index contributed by atoms with van der Waals surface area (Å²) in [6, 6.07) is 0. The quantitative estimate of drug-likeness (QED) is 0.312. The predicted octanol–water partition coefficient (Wildman–Crippen LogP) is -0.531. The van der Waals surface area contributed by atoms with Crippen LogP contribution in [-0.4, -0.2) is 13.0 Å². The number of nitrogens with zero attached hydrogens (tertiary/aromatic N) is 2. The molecule has 0 aromatic carbocycles.